The normalized spacial score (nSPS) is 7.38. The van der Waals surface area contributed by atoms with Gasteiger partial charge in [-0.1, -0.05) is 0 Å². The maximum Gasteiger partial charge on any atom is 4.00 e. The molecule has 0 saturated carbocycles. The van der Waals surface area contributed by atoms with Crippen LogP contribution in [0.1, 0.15) is 0 Å². The Balaban J connectivity index is -0.0000000267. The predicted molar refractivity (Wildman–Crippen MR) is 8.29 cm³/mol. The van der Waals surface area contributed by atoms with Crippen molar-refractivity contribution in [2.45, 2.75) is 0 Å². The van der Waals surface area contributed by atoms with E-state index in [1.54, 1.807) is 0 Å². The van der Waals surface area contributed by atoms with Gasteiger partial charge < -0.3 is 19.2 Å². The van der Waals surface area contributed by atoms with E-state index in [4.69, 9.17) is 19.2 Å². The summed E-state index contributed by atoms with van der Waals surface area (Å²) in [6.45, 7) is 0. The van der Waals surface area contributed by atoms with Crippen molar-refractivity contribution in [2.75, 3.05) is 0 Å². The Hall–Kier alpha value is 2.42. The number of rotatable bonds is 0. The average molecular weight is 198 g/mol. The van der Waals surface area contributed by atoms with E-state index in [1.807, 2.05) is 0 Å². The zero-order valence-electron chi connectivity index (χ0n) is 3.99. The molecule has 0 aromatic carbocycles. The smallest absolute Gasteiger partial charge is 0.822 e. The third-order valence-electron chi connectivity index (χ3n) is 0. The fraction of sp³-hybridized carbons (Fsp3) is 0. The minimum absolute atomic E-state index is 0. The molecule has 0 fully saturated rings. The molecule has 0 aromatic rings. The molecule has 0 N–H and O–H groups in total. The van der Waals surface area contributed by atoms with E-state index in [9.17, 15) is 0 Å². The molecule has 0 aliphatic carbocycles. The number of hydrogen-bond acceptors (Lipinski definition) is 4. The van der Waals surface area contributed by atoms with Gasteiger partial charge in [0.15, 0.2) is 0 Å². The Morgan fingerprint density at radius 1 is 1.12 bits per heavy atom. The van der Waals surface area contributed by atoms with Gasteiger partial charge in [0, 0.05) is 0 Å². The van der Waals surface area contributed by atoms with E-state index in [-0.39, 0.29) is 78.6 Å². The zero-order chi connectivity index (χ0) is 4.50. The van der Waals surface area contributed by atoms with Crippen LogP contribution in [0.4, 0.5) is 0 Å². The largest absolute Gasteiger partial charge is 4.00 e. The van der Waals surface area contributed by atoms with Gasteiger partial charge in [-0.2, -0.15) is 7.82 Å². The Bertz CT molecular complexity index is 58.6. The Labute approximate surface area is 104 Å². The summed E-state index contributed by atoms with van der Waals surface area (Å²) < 4.78 is 8.55. The zero-order valence-corrected chi connectivity index (χ0v) is 9.57. The quantitative estimate of drug-likeness (QED) is 0.284. The summed E-state index contributed by atoms with van der Waals surface area (Å²) in [7, 11) is -5.39. The third kappa shape index (κ3) is 79.1. The van der Waals surface area contributed by atoms with Crippen molar-refractivity contribution in [3.63, 3.8) is 0 Å². The summed E-state index contributed by atoms with van der Waals surface area (Å²) in [5, 5.41) is 0. The van der Waals surface area contributed by atoms with E-state index in [0.29, 0.717) is 0 Å². The van der Waals surface area contributed by atoms with E-state index in [1.165, 1.54) is 0 Å². The number of phosphoric acid groups is 1. The van der Waals surface area contributed by atoms with Crippen LogP contribution in [-0.2, 0) is 31.8 Å². The van der Waals surface area contributed by atoms with Gasteiger partial charge in [-0.05, 0) is 0 Å². The van der Waals surface area contributed by atoms with Crippen LogP contribution >= 0.6 is 7.82 Å². The molecule has 5 nitrogen and oxygen atoms in total. The van der Waals surface area contributed by atoms with Crippen LogP contribution in [0.5, 0.6) is 0 Å². The standard InChI is InChI=1S/K.H3O4P.O.Ti/c;1-5(2,3)4;;/h;(H3,1,2,3,4);;/q+1;;+2;+4/p-3. The minimum Gasteiger partial charge on any atom is -0.822 e. The summed E-state index contributed by atoms with van der Waals surface area (Å²) in [4.78, 5) is 25.6. The molecule has 0 unspecified atom stereocenters. The van der Waals surface area contributed by atoms with Crippen molar-refractivity contribution in [3.05, 3.63) is 0 Å². The molecule has 0 bridgehead atoms. The van der Waals surface area contributed by atoms with Crippen molar-refractivity contribution in [3.8, 4) is 0 Å². The van der Waals surface area contributed by atoms with Crippen molar-refractivity contribution in [1.82, 2.24) is 0 Å². The van der Waals surface area contributed by atoms with Gasteiger partial charge in [-0.15, -0.1) is 0 Å². The van der Waals surface area contributed by atoms with E-state index < -0.39 is 7.82 Å². The molecule has 36 valence electrons. The van der Waals surface area contributed by atoms with Gasteiger partial charge in [-0.25, -0.2) is 0 Å². The molecule has 0 aromatic heterocycles. The Morgan fingerprint density at radius 3 is 1.12 bits per heavy atom. The van der Waals surface area contributed by atoms with Crippen molar-refractivity contribution in [1.29, 1.82) is 0 Å². The summed E-state index contributed by atoms with van der Waals surface area (Å²) in [6, 6.07) is 0. The number of hydrogen-bond donors (Lipinski definition) is 0. The molecule has 0 atom stereocenters. The van der Waals surface area contributed by atoms with Crippen LogP contribution in [0.3, 0.4) is 0 Å². The molecule has 4 radical (unpaired) electrons. The molecule has 0 amide bonds. The van der Waals surface area contributed by atoms with E-state index in [0.717, 1.165) is 0 Å². The average Bonchev–Trinajstić information content (AvgIpc) is 0.722. The second-order valence-corrected chi connectivity index (χ2v) is 1.34. The predicted octanol–water partition coefficient (Wildman–Crippen LogP) is -5.94. The fourth-order valence-electron chi connectivity index (χ4n) is 0. The summed E-state index contributed by atoms with van der Waals surface area (Å²) in [5.41, 5.74) is 0. The molecule has 0 aliphatic heterocycles. The third-order valence-corrected chi connectivity index (χ3v) is 0. The van der Waals surface area contributed by atoms with E-state index in [2.05, 4.69) is 0 Å². The Morgan fingerprint density at radius 2 is 1.12 bits per heavy atom. The van der Waals surface area contributed by atoms with Crippen molar-refractivity contribution >= 4 is 7.82 Å². The molecule has 0 heterocycles. The molecule has 0 rings (SSSR count). The second-order valence-electron chi connectivity index (χ2n) is 0.447. The topological polar surface area (TPSA) is 115 Å². The van der Waals surface area contributed by atoms with Crippen LogP contribution in [-0.4, -0.2) is 0 Å². The molecule has 0 saturated heterocycles. The van der Waals surface area contributed by atoms with E-state index >= 15 is 0 Å². The molecule has 8 heavy (non-hydrogen) atoms. The van der Waals surface area contributed by atoms with Gasteiger partial charge in [0.1, 0.15) is 0 Å². The SMILES string of the molecule is O=P([O-])([O-])[O-].[K+].[O+2].[Ti+4]. The summed E-state index contributed by atoms with van der Waals surface area (Å²) in [6.07, 6.45) is 0. The van der Waals surface area contributed by atoms with Crippen molar-refractivity contribution in [2.24, 2.45) is 0 Å². The van der Waals surface area contributed by atoms with Crippen LogP contribution in [0.2, 0.25) is 0 Å². The first-order valence-corrected chi connectivity index (χ1v) is 2.19. The van der Waals surface area contributed by atoms with Crippen LogP contribution in [0.15, 0.2) is 0 Å². The molecule has 8 heteroatoms. The van der Waals surface area contributed by atoms with Gasteiger partial charge in [-0.3, -0.25) is 0 Å². The van der Waals surface area contributed by atoms with Gasteiger partial charge in [0.2, 0.25) is 0 Å². The van der Waals surface area contributed by atoms with Crippen LogP contribution in [0.25, 0.3) is 0 Å². The molecule has 0 spiro atoms. The summed E-state index contributed by atoms with van der Waals surface area (Å²) >= 11 is 0. The molecular formula is KO5PTi+4. The monoisotopic (exact) mass is 198 g/mol. The first kappa shape index (κ1) is 22.4. The van der Waals surface area contributed by atoms with Crippen LogP contribution < -0.4 is 66.1 Å². The van der Waals surface area contributed by atoms with Gasteiger partial charge in [0.05, 0.1) is 0 Å². The minimum atomic E-state index is -5.39. The van der Waals surface area contributed by atoms with Gasteiger partial charge in [0.25, 0.3) is 0 Å². The Kier molecular flexibility index (Phi) is 26.4. The van der Waals surface area contributed by atoms with Crippen LogP contribution in [0, 0.1) is 0 Å². The second kappa shape index (κ2) is 9.42. The maximum atomic E-state index is 8.55. The maximum absolute atomic E-state index is 8.55. The molecule has 0 aliphatic rings. The molecular weight excluding hydrogens is 198 g/mol. The summed E-state index contributed by atoms with van der Waals surface area (Å²) in [5.74, 6) is 0. The van der Waals surface area contributed by atoms with Crippen molar-refractivity contribution < 1.29 is 97.8 Å². The van der Waals surface area contributed by atoms with Gasteiger partial charge >= 0.3 is 78.6 Å². The fourth-order valence-corrected chi connectivity index (χ4v) is 0. The first-order chi connectivity index (χ1) is 2.00. The first-order valence-electron chi connectivity index (χ1n) is 0.730.